The molecule has 1 saturated heterocycles. The van der Waals surface area contributed by atoms with Crippen LogP contribution >= 0.6 is 0 Å². The summed E-state index contributed by atoms with van der Waals surface area (Å²) in [5, 5.41) is 27.3. The first-order chi connectivity index (χ1) is 17.3. The van der Waals surface area contributed by atoms with Crippen molar-refractivity contribution in [1.29, 1.82) is 0 Å². The zero-order valence-corrected chi connectivity index (χ0v) is 19.5. The number of nitrogens with zero attached hydrogens (tertiary/aromatic N) is 3. The summed E-state index contributed by atoms with van der Waals surface area (Å²) in [5.41, 5.74) is 1.11. The third kappa shape index (κ3) is 8.20. The van der Waals surface area contributed by atoms with Crippen LogP contribution in [0.25, 0.3) is 0 Å². The van der Waals surface area contributed by atoms with E-state index in [0.29, 0.717) is 17.7 Å². The molecule has 1 fully saturated rings. The van der Waals surface area contributed by atoms with Gasteiger partial charge in [0.1, 0.15) is 13.2 Å². The number of carbonyl (C=O) groups is 2. The maximum atomic E-state index is 12.7. The molecule has 0 bridgehead atoms. The molecule has 192 valence electrons. The average molecular weight is 501 g/mol. The van der Waals surface area contributed by atoms with Crippen molar-refractivity contribution in [3.05, 3.63) is 79.9 Å². The summed E-state index contributed by atoms with van der Waals surface area (Å²) in [6.45, 7) is 2.32. The minimum Gasteiger partial charge on any atom is -0.445 e. The molecule has 2 aromatic rings. The van der Waals surface area contributed by atoms with E-state index in [-0.39, 0.29) is 43.6 Å². The number of hydrogen-bond acceptors (Lipinski definition) is 9. The highest BCUT2D eigenvalue weighted by molar-refractivity contribution is 5.69. The molecule has 0 aromatic heterocycles. The Bertz CT molecular complexity index is 1060. The predicted octanol–water partition coefficient (Wildman–Crippen LogP) is 2.98. The molecule has 0 saturated carbocycles. The Morgan fingerprint density at radius 1 is 0.944 bits per heavy atom. The summed E-state index contributed by atoms with van der Waals surface area (Å²) in [5.74, 6) is 0.256. The topological polar surface area (TPSA) is 166 Å². The van der Waals surface area contributed by atoms with E-state index in [1.165, 1.54) is 53.4 Å². The Labute approximate surface area is 206 Å². The normalized spacial score (nSPS) is 14.6. The Morgan fingerprint density at radius 3 is 2.00 bits per heavy atom. The highest BCUT2D eigenvalue weighted by Crippen LogP contribution is 2.15. The molecule has 2 amide bonds. The van der Waals surface area contributed by atoms with Crippen LogP contribution in [0.15, 0.2) is 48.5 Å². The fourth-order valence-electron chi connectivity index (χ4n) is 3.60. The molecule has 1 aliphatic heterocycles. The highest BCUT2D eigenvalue weighted by Gasteiger charge is 2.23. The Hall–Kier alpha value is -4.26. The van der Waals surface area contributed by atoms with Crippen molar-refractivity contribution in [3.63, 3.8) is 0 Å². The molecule has 13 heteroatoms. The first-order valence-electron chi connectivity index (χ1n) is 11.3. The SMILES string of the molecule is O=C(NCCN(C[C@H]1CCNC1)C(=O)OCc1ccc([N+](=O)[O-])cc1)OCc1ccc([N+](=O)[O-])cc1. The van der Waals surface area contributed by atoms with Crippen molar-refractivity contribution in [2.75, 3.05) is 32.7 Å². The van der Waals surface area contributed by atoms with Crippen molar-refractivity contribution in [3.8, 4) is 0 Å². The molecule has 0 unspecified atom stereocenters. The van der Waals surface area contributed by atoms with Gasteiger partial charge < -0.3 is 25.0 Å². The van der Waals surface area contributed by atoms with Crippen LogP contribution in [0, 0.1) is 26.1 Å². The average Bonchev–Trinajstić information content (AvgIpc) is 3.39. The number of benzene rings is 2. The Kier molecular flexibility index (Phi) is 9.51. The summed E-state index contributed by atoms with van der Waals surface area (Å²) in [4.78, 5) is 46.7. The van der Waals surface area contributed by atoms with E-state index in [0.717, 1.165) is 19.5 Å². The summed E-state index contributed by atoms with van der Waals surface area (Å²) in [7, 11) is 0. The molecule has 3 rings (SSSR count). The van der Waals surface area contributed by atoms with Gasteiger partial charge in [0, 0.05) is 43.9 Å². The van der Waals surface area contributed by atoms with Gasteiger partial charge in [-0.1, -0.05) is 0 Å². The first kappa shape index (κ1) is 26.3. The van der Waals surface area contributed by atoms with Gasteiger partial charge in [-0.3, -0.25) is 20.2 Å². The van der Waals surface area contributed by atoms with Gasteiger partial charge >= 0.3 is 12.2 Å². The van der Waals surface area contributed by atoms with E-state index >= 15 is 0 Å². The summed E-state index contributed by atoms with van der Waals surface area (Å²) in [6.07, 6.45) is -0.326. The number of ether oxygens (including phenoxy) is 2. The predicted molar refractivity (Wildman–Crippen MR) is 127 cm³/mol. The second-order valence-electron chi connectivity index (χ2n) is 8.21. The molecule has 0 spiro atoms. The summed E-state index contributed by atoms with van der Waals surface area (Å²) < 4.78 is 10.5. The number of nitro groups is 2. The molecule has 1 heterocycles. The molecular formula is C23H27N5O8. The fraction of sp³-hybridized carbons (Fsp3) is 0.391. The van der Waals surface area contributed by atoms with Crippen LogP contribution in [0.5, 0.6) is 0 Å². The van der Waals surface area contributed by atoms with Crippen molar-refractivity contribution < 1.29 is 28.9 Å². The van der Waals surface area contributed by atoms with E-state index in [9.17, 15) is 29.8 Å². The van der Waals surface area contributed by atoms with E-state index in [4.69, 9.17) is 9.47 Å². The smallest absolute Gasteiger partial charge is 0.410 e. The minimum atomic E-state index is -0.685. The van der Waals surface area contributed by atoms with Crippen LogP contribution in [0.2, 0.25) is 0 Å². The van der Waals surface area contributed by atoms with Gasteiger partial charge in [-0.2, -0.15) is 0 Å². The molecule has 1 aliphatic rings. The number of alkyl carbamates (subject to hydrolysis) is 1. The number of amides is 2. The van der Waals surface area contributed by atoms with Crippen LogP contribution in [-0.2, 0) is 22.7 Å². The van der Waals surface area contributed by atoms with Crippen LogP contribution in [0.3, 0.4) is 0 Å². The van der Waals surface area contributed by atoms with Gasteiger partial charge in [0.25, 0.3) is 11.4 Å². The van der Waals surface area contributed by atoms with Crippen molar-refractivity contribution in [2.24, 2.45) is 5.92 Å². The molecule has 0 aliphatic carbocycles. The number of hydrogen-bond donors (Lipinski definition) is 2. The van der Waals surface area contributed by atoms with Crippen LogP contribution in [0.1, 0.15) is 17.5 Å². The minimum absolute atomic E-state index is 0.0407. The summed E-state index contributed by atoms with van der Waals surface area (Å²) in [6, 6.07) is 11.4. The van der Waals surface area contributed by atoms with Gasteiger partial charge in [0.05, 0.1) is 9.85 Å². The van der Waals surface area contributed by atoms with E-state index in [1.54, 1.807) is 0 Å². The van der Waals surface area contributed by atoms with Crippen molar-refractivity contribution in [2.45, 2.75) is 19.6 Å². The second-order valence-corrected chi connectivity index (χ2v) is 8.21. The third-order valence-corrected chi connectivity index (χ3v) is 5.58. The first-order valence-corrected chi connectivity index (χ1v) is 11.3. The van der Waals surface area contributed by atoms with Crippen LogP contribution in [-0.4, -0.2) is 59.7 Å². The zero-order chi connectivity index (χ0) is 25.9. The molecule has 2 N–H and O–H groups in total. The highest BCUT2D eigenvalue weighted by atomic mass is 16.6. The molecule has 2 aromatic carbocycles. The molecule has 0 radical (unpaired) electrons. The molecule has 36 heavy (non-hydrogen) atoms. The fourth-order valence-corrected chi connectivity index (χ4v) is 3.60. The van der Waals surface area contributed by atoms with E-state index < -0.39 is 22.0 Å². The lowest BCUT2D eigenvalue weighted by Crippen LogP contribution is -2.41. The quantitative estimate of drug-likeness (QED) is 0.347. The third-order valence-electron chi connectivity index (χ3n) is 5.58. The number of carbonyl (C=O) groups excluding carboxylic acids is 2. The van der Waals surface area contributed by atoms with Gasteiger partial charge in [-0.25, -0.2) is 9.59 Å². The number of rotatable bonds is 11. The molecule has 1 atom stereocenters. The second kappa shape index (κ2) is 13.0. The Morgan fingerprint density at radius 2 is 1.50 bits per heavy atom. The summed E-state index contributed by atoms with van der Waals surface area (Å²) >= 11 is 0. The number of non-ortho nitro benzene ring substituents is 2. The number of nitro benzene ring substituents is 2. The van der Waals surface area contributed by atoms with Crippen molar-refractivity contribution >= 4 is 23.6 Å². The monoisotopic (exact) mass is 501 g/mol. The lowest BCUT2D eigenvalue weighted by atomic mass is 10.1. The van der Waals surface area contributed by atoms with Crippen molar-refractivity contribution in [1.82, 2.24) is 15.5 Å². The maximum Gasteiger partial charge on any atom is 0.410 e. The maximum absolute atomic E-state index is 12.7. The lowest BCUT2D eigenvalue weighted by molar-refractivity contribution is -0.385. The van der Waals surface area contributed by atoms with Gasteiger partial charge in [0.15, 0.2) is 0 Å². The molecular weight excluding hydrogens is 474 g/mol. The van der Waals surface area contributed by atoms with Gasteiger partial charge in [-0.05, 0) is 60.8 Å². The standard InChI is InChI=1S/C23H27N5O8/c29-22(35-15-17-1-5-20(6-2-17)27(31)32)25-11-12-26(14-19-9-10-24-13-19)23(30)36-16-18-3-7-21(8-4-18)28(33)34/h1-8,19,24H,9-16H2,(H,25,29)/t19-/m0/s1. The van der Waals surface area contributed by atoms with E-state index in [2.05, 4.69) is 10.6 Å². The molecule has 13 nitrogen and oxygen atoms in total. The van der Waals surface area contributed by atoms with Gasteiger partial charge in [0.2, 0.25) is 0 Å². The van der Waals surface area contributed by atoms with Crippen LogP contribution < -0.4 is 10.6 Å². The number of nitrogens with one attached hydrogen (secondary N) is 2. The van der Waals surface area contributed by atoms with Gasteiger partial charge in [-0.15, -0.1) is 0 Å². The lowest BCUT2D eigenvalue weighted by Gasteiger charge is -2.25. The Balaban J connectivity index is 1.46. The van der Waals surface area contributed by atoms with Crippen LogP contribution in [0.4, 0.5) is 21.0 Å². The van der Waals surface area contributed by atoms with E-state index in [1.807, 2.05) is 0 Å². The largest absolute Gasteiger partial charge is 0.445 e. The zero-order valence-electron chi connectivity index (χ0n) is 19.5.